The van der Waals surface area contributed by atoms with Gasteiger partial charge in [0.25, 0.3) is 0 Å². The van der Waals surface area contributed by atoms with Crippen molar-refractivity contribution in [2.24, 2.45) is 0 Å². The minimum Gasteiger partial charge on any atom is -0.475 e. The second-order valence-electron chi connectivity index (χ2n) is 10.6. The number of fused-ring (bicyclic) bond motifs is 1. The lowest BCUT2D eigenvalue weighted by Crippen LogP contribution is -2.64. The molecule has 3 N–H and O–H groups in total. The van der Waals surface area contributed by atoms with Crippen LogP contribution in [-0.4, -0.2) is 71.1 Å². The van der Waals surface area contributed by atoms with Gasteiger partial charge in [-0.15, -0.1) is 0 Å². The molecule has 2 atom stereocenters. The van der Waals surface area contributed by atoms with Crippen LogP contribution >= 0.6 is 0 Å². The first-order valence-corrected chi connectivity index (χ1v) is 12.1. The third-order valence-corrected chi connectivity index (χ3v) is 6.72. The molecule has 0 aliphatic carbocycles. The maximum Gasteiger partial charge on any atom is 0.490 e. The molecule has 2 aromatic carbocycles. The summed E-state index contributed by atoms with van der Waals surface area (Å²) in [5, 5.41) is 21.2. The topological polar surface area (TPSA) is 93.1 Å². The number of alkyl halides is 3. The number of aliphatic hydroxyl groups is 1. The molecule has 2 aromatic rings. The Morgan fingerprint density at radius 3 is 2.30 bits per heavy atom. The quantitative estimate of drug-likeness (QED) is 0.570. The van der Waals surface area contributed by atoms with Crippen LogP contribution in [0.4, 0.5) is 18.9 Å². The predicted molar refractivity (Wildman–Crippen MR) is 134 cm³/mol. The third kappa shape index (κ3) is 7.09. The number of anilines is 1. The van der Waals surface area contributed by atoms with Gasteiger partial charge < -0.3 is 20.4 Å². The number of nitrogens with zero attached hydrogens (tertiary/aromatic N) is 2. The van der Waals surface area contributed by atoms with Crippen molar-refractivity contribution in [2.75, 3.05) is 31.1 Å². The standard InChI is InChI=1S/C25H33N3O2.C2HF3O2/c1-18-14-27(25(4,30)16-26-18)15-23(29)28-17-24(2,3)21-11-10-20(13-22(21)28)12-19-8-6-5-7-9-19;3-2(4,5)1(6)7/h5-11,13,18,26,30H,12,14-17H2,1-4H3;(H,6,7)/t18-,25-;/m1./s1. The summed E-state index contributed by atoms with van der Waals surface area (Å²) >= 11 is 0. The first-order chi connectivity index (χ1) is 17.1. The molecular weight excluding hydrogens is 487 g/mol. The SMILES string of the molecule is C[C@@H]1CN(CC(=O)N2CC(C)(C)c3ccc(Cc4ccccc4)cc32)[C@](C)(O)CN1.O=C(O)C(F)(F)F. The summed E-state index contributed by atoms with van der Waals surface area (Å²) in [4.78, 5) is 26.1. The summed E-state index contributed by atoms with van der Waals surface area (Å²) in [6, 6.07) is 17.2. The first kappa shape index (κ1) is 28.6. The van der Waals surface area contributed by atoms with E-state index in [4.69, 9.17) is 9.90 Å². The summed E-state index contributed by atoms with van der Waals surface area (Å²) in [6.07, 6.45) is -4.24. The molecule has 0 saturated carbocycles. The lowest BCUT2D eigenvalue weighted by atomic mass is 9.86. The number of carboxylic acids is 1. The molecule has 1 fully saturated rings. The first-order valence-electron chi connectivity index (χ1n) is 12.1. The van der Waals surface area contributed by atoms with E-state index in [-0.39, 0.29) is 23.9 Å². The summed E-state index contributed by atoms with van der Waals surface area (Å²) < 4.78 is 31.7. The highest BCUT2D eigenvalue weighted by Gasteiger charge is 2.41. The van der Waals surface area contributed by atoms with Gasteiger partial charge >= 0.3 is 12.1 Å². The average Bonchev–Trinajstić information content (AvgIpc) is 3.07. The van der Waals surface area contributed by atoms with Crippen molar-refractivity contribution in [3.05, 3.63) is 65.2 Å². The van der Waals surface area contributed by atoms with Crippen LogP contribution in [0.1, 0.15) is 44.4 Å². The second kappa shape index (κ2) is 10.8. The molecule has 37 heavy (non-hydrogen) atoms. The number of rotatable bonds is 4. The third-order valence-electron chi connectivity index (χ3n) is 6.72. The van der Waals surface area contributed by atoms with Gasteiger partial charge in [0.05, 0.1) is 6.54 Å². The van der Waals surface area contributed by atoms with E-state index in [1.165, 1.54) is 16.7 Å². The number of aliphatic carboxylic acids is 1. The Morgan fingerprint density at radius 2 is 1.70 bits per heavy atom. The number of carbonyl (C=O) groups is 2. The molecule has 4 rings (SSSR count). The summed E-state index contributed by atoms with van der Waals surface area (Å²) in [7, 11) is 0. The Balaban J connectivity index is 0.000000479. The summed E-state index contributed by atoms with van der Waals surface area (Å²) in [5.41, 5.74) is 3.59. The molecule has 2 heterocycles. The zero-order valence-corrected chi connectivity index (χ0v) is 21.5. The Bertz CT molecular complexity index is 1120. The van der Waals surface area contributed by atoms with Gasteiger partial charge in [-0.05, 0) is 43.0 Å². The van der Waals surface area contributed by atoms with Crippen LogP contribution in [0.5, 0.6) is 0 Å². The van der Waals surface area contributed by atoms with Gasteiger partial charge in [-0.1, -0.05) is 56.3 Å². The van der Waals surface area contributed by atoms with Gasteiger partial charge in [0.15, 0.2) is 0 Å². The van der Waals surface area contributed by atoms with Crippen molar-refractivity contribution in [1.82, 2.24) is 10.2 Å². The zero-order valence-electron chi connectivity index (χ0n) is 21.5. The highest BCUT2D eigenvalue weighted by Crippen LogP contribution is 2.41. The van der Waals surface area contributed by atoms with Crippen LogP contribution in [0.15, 0.2) is 48.5 Å². The Kier molecular flexibility index (Phi) is 8.36. The number of carbonyl (C=O) groups excluding carboxylic acids is 1. The van der Waals surface area contributed by atoms with Crippen molar-refractivity contribution in [3.63, 3.8) is 0 Å². The minimum atomic E-state index is -5.08. The molecule has 1 saturated heterocycles. The number of carboxylic acid groups (broad SMARTS) is 1. The van der Waals surface area contributed by atoms with Crippen LogP contribution < -0.4 is 10.2 Å². The number of amides is 1. The fraction of sp³-hybridized carbons (Fsp3) is 0.481. The fourth-order valence-corrected chi connectivity index (χ4v) is 4.66. The summed E-state index contributed by atoms with van der Waals surface area (Å²) in [6.45, 7) is 10.2. The number of β-amino-alcohol motifs (C(OH)–C–C–N with tert-alkyl or cyclic N) is 1. The average molecular weight is 522 g/mol. The maximum atomic E-state index is 13.4. The number of hydrogen-bond donors (Lipinski definition) is 3. The summed E-state index contributed by atoms with van der Waals surface area (Å²) in [5.74, 6) is -2.71. The highest BCUT2D eigenvalue weighted by atomic mass is 19.4. The molecule has 0 radical (unpaired) electrons. The normalized spacial score (nSPS) is 23.1. The zero-order chi connectivity index (χ0) is 27.6. The fourth-order valence-electron chi connectivity index (χ4n) is 4.66. The second-order valence-corrected chi connectivity index (χ2v) is 10.6. The Labute approximate surface area is 214 Å². The molecule has 0 aromatic heterocycles. The van der Waals surface area contributed by atoms with Crippen molar-refractivity contribution in [1.29, 1.82) is 0 Å². The molecular formula is C27H34F3N3O4. The van der Waals surface area contributed by atoms with E-state index in [0.29, 0.717) is 19.6 Å². The van der Waals surface area contributed by atoms with Crippen LogP contribution in [-0.2, 0) is 21.4 Å². The van der Waals surface area contributed by atoms with Gasteiger partial charge in [0.2, 0.25) is 5.91 Å². The largest absolute Gasteiger partial charge is 0.490 e. The molecule has 0 unspecified atom stereocenters. The van der Waals surface area contributed by atoms with E-state index in [1.54, 1.807) is 6.92 Å². The van der Waals surface area contributed by atoms with E-state index in [9.17, 15) is 23.1 Å². The molecule has 10 heteroatoms. The van der Waals surface area contributed by atoms with Crippen LogP contribution in [0, 0.1) is 0 Å². The van der Waals surface area contributed by atoms with Crippen molar-refractivity contribution in [2.45, 2.75) is 57.5 Å². The molecule has 0 bridgehead atoms. The van der Waals surface area contributed by atoms with Gasteiger partial charge in [-0.25, -0.2) is 4.79 Å². The van der Waals surface area contributed by atoms with Crippen molar-refractivity contribution in [3.8, 4) is 0 Å². The lowest BCUT2D eigenvalue weighted by Gasteiger charge is -2.43. The minimum absolute atomic E-state index is 0.0491. The lowest BCUT2D eigenvalue weighted by molar-refractivity contribution is -0.192. The van der Waals surface area contributed by atoms with E-state index < -0.39 is 17.9 Å². The number of benzene rings is 2. The molecule has 1 amide bonds. The molecule has 2 aliphatic rings. The maximum absolute atomic E-state index is 13.4. The van der Waals surface area contributed by atoms with Crippen molar-refractivity contribution < 1.29 is 33.0 Å². The van der Waals surface area contributed by atoms with Crippen LogP contribution in [0.25, 0.3) is 0 Å². The van der Waals surface area contributed by atoms with Gasteiger partial charge in [-0.3, -0.25) is 9.69 Å². The predicted octanol–water partition coefficient (Wildman–Crippen LogP) is 3.54. The smallest absolute Gasteiger partial charge is 0.475 e. The van der Waals surface area contributed by atoms with Crippen LogP contribution in [0.2, 0.25) is 0 Å². The molecule has 2 aliphatic heterocycles. The van der Waals surface area contributed by atoms with E-state index >= 15 is 0 Å². The van der Waals surface area contributed by atoms with E-state index in [0.717, 1.165) is 12.1 Å². The van der Waals surface area contributed by atoms with Gasteiger partial charge in [0.1, 0.15) is 5.72 Å². The van der Waals surface area contributed by atoms with Gasteiger partial charge in [-0.2, -0.15) is 13.2 Å². The van der Waals surface area contributed by atoms with Crippen LogP contribution in [0.3, 0.4) is 0 Å². The number of hydrogen-bond acceptors (Lipinski definition) is 5. The molecule has 0 spiro atoms. The van der Waals surface area contributed by atoms with Gasteiger partial charge in [0, 0.05) is 36.8 Å². The number of nitrogens with one attached hydrogen (secondary N) is 1. The Morgan fingerprint density at radius 1 is 1.08 bits per heavy atom. The Hall–Kier alpha value is -2.95. The monoisotopic (exact) mass is 521 g/mol. The van der Waals surface area contributed by atoms with E-state index in [1.807, 2.05) is 15.9 Å². The van der Waals surface area contributed by atoms with Crippen molar-refractivity contribution >= 4 is 17.6 Å². The number of piperazine rings is 1. The molecule has 7 nitrogen and oxygen atoms in total. The number of halogens is 3. The molecule has 202 valence electrons. The van der Waals surface area contributed by atoms with E-state index in [2.05, 4.69) is 68.6 Å². The highest BCUT2D eigenvalue weighted by molar-refractivity contribution is 5.97.